The molecule has 0 radical (unpaired) electrons. The number of hydrogen-bond acceptors (Lipinski definition) is 5. The highest BCUT2D eigenvalue weighted by atomic mass is 32.2. The smallest absolute Gasteiger partial charge is 0.339 e. The number of benzene rings is 2. The Kier molecular flexibility index (Phi) is 4.82. The lowest BCUT2D eigenvalue weighted by Gasteiger charge is -2.08. The van der Waals surface area contributed by atoms with Gasteiger partial charge < -0.3 is 8.92 Å². The zero-order valence-electron chi connectivity index (χ0n) is 12.3. The molecule has 116 valence electrons. The predicted octanol–water partition coefficient (Wildman–Crippen LogP) is 2.94. The molecule has 0 aromatic heterocycles. The normalized spacial score (nSPS) is 11.0. The van der Waals surface area contributed by atoms with Gasteiger partial charge in [0.15, 0.2) is 0 Å². The molecule has 0 saturated heterocycles. The van der Waals surface area contributed by atoms with E-state index in [2.05, 4.69) is 0 Å². The van der Waals surface area contributed by atoms with Crippen LogP contribution >= 0.6 is 0 Å². The van der Waals surface area contributed by atoms with Gasteiger partial charge in [0.2, 0.25) is 0 Å². The minimum absolute atomic E-state index is 0.0267. The average molecular weight is 320 g/mol. The van der Waals surface area contributed by atoms with Crippen molar-refractivity contribution in [1.29, 1.82) is 0 Å². The topological polar surface area (TPSA) is 69.7 Å². The van der Waals surface area contributed by atoms with Gasteiger partial charge in [-0.15, -0.1) is 0 Å². The van der Waals surface area contributed by atoms with E-state index < -0.39 is 16.1 Å². The highest BCUT2D eigenvalue weighted by Crippen LogP contribution is 2.19. The van der Waals surface area contributed by atoms with Gasteiger partial charge in [0, 0.05) is 0 Å². The van der Waals surface area contributed by atoms with Crippen molar-refractivity contribution in [3.8, 4) is 5.75 Å². The molecule has 0 fully saturated rings. The molecule has 2 aromatic rings. The molecule has 0 amide bonds. The summed E-state index contributed by atoms with van der Waals surface area (Å²) < 4.78 is 34.2. The van der Waals surface area contributed by atoms with E-state index in [0.29, 0.717) is 0 Å². The summed E-state index contributed by atoms with van der Waals surface area (Å²) in [5.41, 5.74) is 1.29. The van der Waals surface area contributed by atoms with Gasteiger partial charge in [-0.05, 0) is 50.2 Å². The van der Waals surface area contributed by atoms with Crippen LogP contribution in [0.1, 0.15) is 22.8 Å². The van der Waals surface area contributed by atoms with Crippen molar-refractivity contribution in [3.05, 3.63) is 59.7 Å². The van der Waals surface area contributed by atoms with E-state index in [-0.39, 0.29) is 22.8 Å². The van der Waals surface area contributed by atoms with Crippen molar-refractivity contribution in [2.24, 2.45) is 0 Å². The standard InChI is InChI=1S/C16H16O5S/c1-3-20-16(17)13-6-10-15(11-7-13)22(18,19)21-14-8-4-12(2)5-9-14/h4-11H,3H2,1-2H3. The van der Waals surface area contributed by atoms with E-state index in [1.54, 1.807) is 31.2 Å². The minimum Gasteiger partial charge on any atom is -0.462 e. The van der Waals surface area contributed by atoms with Crippen molar-refractivity contribution in [3.63, 3.8) is 0 Å². The molecule has 0 unspecified atom stereocenters. The molecule has 0 aliphatic heterocycles. The second kappa shape index (κ2) is 6.62. The Labute approximate surface area is 129 Å². The van der Waals surface area contributed by atoms with Crippen LogP contribution in [0, 0.1) is 6.92 Å². The number of ether oxygens (including phenoxy) is 1. The lowest BCUT2D eigenvalue weighted by Crippen LogP contribution is -2.10. The molecule has 0 N–H and O–H groups in total. The predicted molar refractivity (Wildman–Crippen MR) is 81.4 cm³/mol. The third kappa shape index (κ3) is 3.85. The fraction of sp³-hybridized carbons (Fsp3) is 0.188. The van der Waals surface area contributed by atoms with Crippen molar-refractivity contribution in [1.82, 2.24) is 0 Å². The van der Waals surface area contributed by atoms with Gasteiger partial charge in [0.25, 0.3) is 0 Å². The second-order valence-corrected chi connectivity index (χ2v) is 6.14. The summed E-state index contributed by atoms with van der Waals surface area (Å²) in [6, 6.07) is 12.1. The zero-order valence-corrected chi connectivity index (χ0v) is 13.1. The summed E-state index contributed by atoms with van der Waals surface area (Å²) in [6.07, 6.45) is 0. The first-order chi connectivity index (χ1) is 10.4. The SMILES string of the molecule is CCOC(=O)c1ccc(S(=O)(=O)Oc2ccc(C)cc2)cc1. The van der Waals surface area contributed by atoms with Crippen molar-refractivity contribution >= 4 is 16.1 Å². The lowest BCUT2D eigenvalue weighted by molar-refractivity contribution is 0.0526. The number of rotatable bonds is 5. The molecule has 0 saturated carbocycles. The van der Waals surface area contributed by atoms with Gasteiger partial charge in [-0.3, -0.25) is 0 Å². The maximum Gasteiger partial charge on any atom is 0.339 e. The molecule has 2 aromatic carbocycles. The Balaban J connectivity index is 2.19. The summed E-state index contributed by atoms with van der Waals surface area (Å²) in [5.74, 6) is -0.258. The molecule has 0 spiro atoms. The summed E-state index contributed by atoms with van der Waals surface area (Å²) >= 11 is 0. The summed E-state index contributed by atoms with van der Waals surface area (Å²) in [6.45, 7) is 3.86. The average Bonchev–Trinajstić information content (AvgIpc) is 2.50. The van der Waals surface area contributed by atoms with E-state index >= 15 is 0 Å². The lowest BCUT2D eigenvalue weighted by atomic mass is 10.2. The van der Waals surface area contributed by atoms with Crippen LogP contribution in [-0.2, 0) is 14.9 Å². The van der Waals surface area contributed by atoms with E-state index in [9.17, 15) is 13.2 Å². The third-order valence-electron chi connectivity index (χ3n) is 2.88. The highest BCUT2D eigenvalue weighted by molar-refractivity contribution is 7.87. The third-order valence-corrected chi connectivity index (χ3v) is 4.14. The molecule has 22 heavy (non-hydrogen) atoms. The Morgan fingerprint density at radius 1 is 1.00 bits per heavy atom. The number of aryl methyl sites for hydroxylation is 1. The summed E-state index contributed by atoms with van der Waals surface area (Å²) in [4.78, 5) is 11.5. The Morgan fingerprint density at radius 3 is 2.14 bits per heavy atom. The van der Waals surface area contributed by atoms with Crippen LogP contribution in [0.3, 0.4) is 0 Å². The van der Waals surface area contributed by atoms with Gasteiger partial charge in [-0.1, -0.05) is 17.7 Å². The van der Waals surface area contributed by atoms with E-state index in [1.807, 2.05) is 6.92 Å². The number of esters is 1. The molecule has 0 bridgehead atoms. The maximum absolute atomic E-state index is 12.2. The van der Waals surface area contributed by atoms with E-state index in [0.717, 1.165) is 5.56 Å². The van der Waals surface area contributed by atoms with Crippen LogP contribution in [0.2, 0.25) is 0 Å². The van der Waals surface area contributed by atoms with Crippen LogP contribution in [0.25, 0.3) is 0 Å². The first-order valence-corrected chi connectivity index (χ1v) is 8.11. The monoisotopic (exact) mass is 320 g/mol. The van der Waals surface area contributed by atoms with Crippen molar-refractivity contribution < 1.29 is 22.1 Å². The van der Waals surface area contributed by atoms with Crippen molar-refractivity contribution in [2.75, 3.05) is 6.61 Å². The molecule has 5 nitrogen and oxygen atoms in total. The summed E-state index contributed by atoms with van der Waals surface area (Å²) in [7, 11) is -3.93. The first-order valence-electron chi connectivity index (χ1n) is 6.71. The van der Waals surface area contributed by atoms with Gasteiger partial charge in [-0.25, -0.2) is 4.79 Å². The Morgan fingerprint density at radius 2 is 1.59 bits per heavy atom. The van der Waals surface area contributed by atoms with Crippen LogP contribution in [-0.4, -0.2) is 21.0 Å². The van der Waals surface area contributed by atoms with E-state index in [4.69, 9.17) is 8.92 Å². The second-order valence-electron chi connectivity index (χ2n) is 4.60. The number of carbonyl (C=O) groups is 1. The van der Waals surface area contributed by atoms with Gasteiger partial charge in [0.1, 0.15) is 10.6 Å². The fourth-order valence-electron chi connectivity index (χ4n) is 1.74. The maximum atomic E-state index is 12.2. The van der Waals surface area contributed by atoms with Crippen LogP contribution < -0.4 is 4.18 Å². The Hall–Kier alpha value is -2.34. The van der Waals surface area contributed by atoms with Gasteiger partial charge >= 0.3 is 16.1 Å². The summed E-state index contributed by atoms with van der Waals surface area (Å²) in [5, 5.41) is 0. The number of carbonyl (C=O) groups excluding carboxylic acids is 1. The van der Waals surface area contributed by atoms with Gasteiger partial charge in [-0.2, -0.15) is 8.42 Å². The molecule has 2 rings (SSSR count). The van der Waals surface area contributed by atoms with Gasteiger partial charge in [0.05, 0.1) is 12.2 Å². The number of hydrogen-bond donors (Lipinski definition) is 0. The largest absolute Gasteiger partial charge is 0.462 e. The van der Waals surface area contributed by atoms with Crippen LogP contribution in [0.15, 0.2) is 53.4 Å². The van der Waals surface area contributed by atoms with Crippen molar-refractivity contribution in [2.45, 2.75) is 18.7 Å². The Bertz CT molecular complexity index is 746. The quantitative estimate of drug-likeness (QED) is 0.626. The molecule has 0 aliphatic rings. The zero-order chi connectivity index (χ0) is 16.2. The van der Waals surface area contributed by atoms with Crippen LogP contribution in [0.4, 0.5) is 0 Å². The van der Waals surface area contributed by atoms with Crippen LogP contribution in [0.5, 0.6) is 5.75 Å². The molecular weight excluding hydrogens is 304 g/mol. The molecular formula is C16H16O5S. The fourth-order valence-corrected chi connectivity index (χ4v) is 2.67. The van der Waals surface area contributed by atoms with E-state index in [1.165, 1.54) is 24.3 Å². The first kappa shape index (κ1) is 16.0. The minimum atomic E-state index is -3.93. The molecule has 0 heterocycles. The molecule has 0 atom stereocenters. The molecule has 6 heteroatoms. The molecule has 0 aliphatic carbocycles. The highest BCUT2D eigenvalue weighted by Gasteiger charge is 2.17.